The van der Waals surface area contributed by atoms with E-state index in [0.29, 0.717) is 0 Å². The zero-order valence-electron chi connectivity index (χ0n) is 7.90. The summed E-state index contributed by atoms with van der Waals surface area (Å²) < 4.78 is 1.71. The summed E-state index contributed by atoms with van der Waals surface area (Å²) >= 11 is 1.64. The molecule has 2 rings (SSSR count). The molecule has 0 spiro atoms. The number of rotatable bonds is 1. The summed E-state index contributed by atoms with van der Waals surface area (Å²) in [6, 6.07) is 0. The van der Waals surface area contributed by atoms with Crippen LogP contribution in [0.5, 0.6) is 0 Å². The van der Waals surface area contributed by atoms with Gasteiger partial charge in [-0.25, -0.2) is 0 Å². The second-order valence-electron chi connectivity index (χ2n) is 3.52. The van der Waals surface area contributed by atoms with Gasteiger partial charge in [0.2, 0.25) is 0 Å². The fraction of sp³-hybridized carbons (Fsp3) is 0.600. The molecule has 0 aromatic heterocycles. The van der Waals surface area contributed by atoms with Gasteiger partial charge in [-0.2, -0.15) is 0 Å². The molecule has 4 heteroatoms. The van der Waals surface area contributed by atoms with Crippen LogP contribution >= 0.6 is 0 Å². The van der Waals surface area contributed by atoms with E-state index in [-0.39, 0.29) is 37.2 Å². The van der Waals surface area contributed by atoms with Crippen molar-refractivity contribution in [1.29, 1.82) is 0 Å². The molecule has 0 unspecified atom stereocenters. The van der Waals surface area contributed by atoms with E-state index in [9.17, 15) is 0 Å². The third-order valence-electron chi connectivity index (χ3n) is 2.76. The molecule has 0 saturated heterocycles. The van der Waals surface area contributed by atoms with Crippen LogP contribution in [0, 0.1) is 5.92 Å². The van der Waals surface area contributed by atoms with E-state index >= 15 is 0 Å². The topological polar surface area (TPSA) is 0 Å². The second-order valence-corrected chi connectivity index (χ2v) is 5.01. The van der Waals surface area contributed by atoms with Gasteiger partial charge < -0.3 is 37.2 Å². The Morgan fingerprint density at radius 1 is 1.07 bits per heavy atom. The van der Waals surface area contributed by atoms with Crippen LogP contribution < -0.4 is 37.2 Å². The minimum absolute atomic E-state index is 0. The van der Waals surface area contributed by atoms with Crippen molar-refractivity contribution >= 4 is 0 Å². The molecular formula is C10H13Cl3Zr. The molecule has 0 atom stereocenters. The molecule has 0 heterocycles. The van der Waals surface area contributed by atoms with Gasteiger partial charge in [0.15, 0.2) is 0 Å². The van der Waals surface area contributed by atoms with Crippen molar-refractivity contribution in [2.24, 2.45) is 5.92 Å². The number of hydrogen-bond acceptors (Lipinski definition) is 0. The van der Waals surface area contributed by atoms with Crippen LogP contribution in [-0.2, 0) is 24.7 Å². The first-order chi connectivity index (χ1) is 5.38. The molecule has 0 aromatic carbocycles. The van der Waals surface area contributed by atoms with Crippen molar-refractivity contribution in [2.75, 3.05) is 0 Å². The molecule has 2 aliphatic rings. The predicted molar refractivity (Wildman–Crippen MR) is 42.7 cm³/mol. The van der Waals surface area contributed by atoms with Crippen molar-refractivity contribution < 1.29 is 61.9 Å². The first-order valence-electron chi connectivity index (χ1n) is 4.49. The molecule has 78 valence electrons. The average molecular weight is 331 g/mol. The summed E-state index contributed by atoms with van der Waals surface area (Å²) in [7, 11) is 0. The quantitative estimate of drug-likeness (QED) is 0.449. The number of hydrogen-bond donors (Lipinski definition) is 0. The minimum atomic E-state index is 0. The van der Waals surface area contributed by atoms with Crippen molar-refractivity contribution in [1.82, 2.24) is 0 Å². The van der Waals surface area contributed by atoms with Crippen LogP contribution in [0.25, 0.3) is 0 Å². The summed E-state index contributed by atoms with van der Waals surface area (Å²) in [5.41, 5.74) is 1.71. The van der Waals surface area contributed by atoms with Crippen LogP contribution in [0.15, 0.2) is 21.0 Å². The predicted octanol–water partition coefficient (Wildman–Crippen LogP) is -6.05. The van der Waals surface area contributed by atoms with Gasteiger partial charge in [0.05, 0.1) is 0 Å². The Bertz CT molecular complexity index is 217. The van der Waals surface area contributed by atoms with Gasteiger partial charge in [-0.15, -0.1) is 0 Å². The van der Waals surface area contributed by atoms with E-state index in [1.54, 1.807) is 33.6 Å². The summed E-state index contributed by atoms with van der Waals surface area (Å²) in [5.74, 6) is 0.947. The van der Waals surface area contributed by atoms with Gasteiger partial charge in [0.1, 0.15) is 0 Å². The van der Waals surface area contributed by atoms with Crippen molar-refractivity contribution in [2.45, 2.75) is 32.1 Å². The third kappa shape index (κ3) is 4.01. The van der Waals surface area contributed by atoms with Gasteiger partial charge in [-0.3, -0.25) is 0 Å². The first kappa shape index (κ1) is 17.6. The summed E-state index contributed by atoms with van der Waals surface area (Å²) in [6.45, 7) is 0. The Hall–Kier alpha value is 1.23. The fourth-order valence-electron chi connectivity index (χ4n) is 2.14. The monoisotopic (exact) mass is 328 g/mol. The SMILES string of the molecule is [Cl-].[Cl-].[Cl-].[Zr+3][C]1=C(C2CCCC2)C=CC1. The molecule has 0 aromatic rings. The van der Waals surface area contributed by atoms with Crippen LogP contribution in [0.1, 0.15) is 32.1 Å². The van der Waals surface area contributed by atoms with Crippen molar-refractivity contribution in [3.8, 4) is 0 Å². The van der Waals surface area contributed by atoms with Crippen LogP contribution in [0.4, 0.5) is 0 Å². The van der Waals surface area contributed by atoms with Crippen molar-refractivity contribution in [3.05, 3.63) is 21.0 Å². The molecule has 0 bridgehead atoms. The standard InChI is InChI=1S/C10H13.3ClH.Zr/c1-2-6-9(5-1)10-7-3-4-8-10;;;;/h1,5,10H,2-4,7-8H2;3*1H;/q;;;;+3/p-3. The molecule has 0 radical (unpaired) electrons. The van der Waals surface area contributed by atoms with Crippen LogP contribution in [0.3, 0.4) is 0 Å². The molecule has 1 saturated carbocycles. The maximum atomic E-state index is 2.38. The second kappa shape index (κ2) is 8.39. The zero-order valence-corrected chi connectivity index (χ0v) is 12.6. The molecule has 2 aliphatic carbocycles. The Kier molecular flexibility index (Phi) is 10.6. The Morgan fingerprint density at radius 3 is 2.07 bits per heavy atom. The Morgan fingerprint density at radius 2 is 1.64 bits per heavy atom. The van der Waals surface area contributed by atoms with Gasteiger partial charge in [0.25, 0.3) is 0 Å². The number of halogens is 3. The van der Waals surface area contributed by atoms with E-state index in [2.05, 4.69) is 12.2 Å². The number of allylic oxidation sites excluding steroid dienone is 4. The summed E-state index contributed by atoms with van der Waals surface area (Å²) in [6.07, 6.45) is 11.8. The summed E-state index contributed by atoms with van der Waals surface area (Å²) in [5, 5.41) is 0. The van der Waals surface area contributed by atoms with Gasteiger partial charge in [-0.05, 0) is 0 Å². The van der Waals surface area contributed by atoms with Crippen molar-refractivity contribution in [3.63, 3.8) is 0 Å². The Balaban J connectivity index is 0. The normalized spacial score (nSPS) is 20.1. The molecule has 0 amide bonds. The molecular weight excluding hydrogens is 318 g/mol. The molecule has 0 nitrogen and oxygen atoms in total. The average Bonchev–Trinajstić information content (AvgIpc) is 2.55. The first-order valence-corrected chi connectivity index (χ1v) is 5.72. The maximum absolute atomic E-state index is 2.38. The fourth-order valence-corrected chi connectivity index (χ4v) is 3.14. The van der Waals surface area contributed by atoms with E-state index < -0.39 is 0 Å². The third-order valence-corrected chi connectivity index (χ3v) is 3.97. The van der Waals surface area contributed by atoms with Gasteiger partial charge in [0, 0.05) is 0 Å². The molecule has 0 N–H and O–H groups in total. The molecule has 14 heavy (non-hydrogen) atoms. The van der Waals surface area contributed by atoms with E-state index in [1.165, 1.54) is 32.1 Å². The molecule has 0 aliphatic heterocycles. The Labute approximate surface area is 120 Å². The molecule has 1 fully saturated rings. The summed E-state index contributed by atoms with van der Waals surface area (Å²) in [4.78, 5) is 0. The van der Waals surface area contributed by atoms with Crippen LogP contribution in [-0.4, -0.2) is 0 Å². The zero-order chi connectivity index (χ0) is 7.68. The van der Waals surface area contributed by atoms with Gasteiger partial charge >= 0.3 is 83.7 Å². The van der Waals surface area contributed by atoms with E-state index in [0.717, 1.165) is 5.92 Å². The van der Waals surface area contributed by atoms with E-state index in [4.69, 9.17) is 0 Å². The van der Waals surface area contributed by atoms with E-state index in [1.807, 2.05) is 0 Å². The van der Waals surface area contributed by atoms with Crippen LogP contribution in [0.2, 0.25) is 0 Å². The van der Waals surface area contributed by atoms with Gasteiger partial charge in [-0.1, -0.05) is 0 Å².